The molecule has 0 bridgehead atoms. The molecule has 8 aromatic rings. The van der Waals surface area contributed by atoms with Gasteiger partial charge >= 0.3 is 0 Å². The van der Waals surface area contributed by atoms with Crippen LogP contribution < -0.4 is 16.4 Å². The number of anilines is 3. The normalized spacial score (nSPS) is 11.3. The van der Waals surface area contributed by atoms with Crippen molar-refractivity contribution in [1.82, 2.24) is 39.5 Å². The first kappa shape index (κ1) is 37.9. The number of rotatable bonds is 12. The summed E-state index contributed by atoms with van der Waals surface area (Å²) >= 11 is 0. The lowest BCUT2D eigenvalue weighted by molar-refractivity contribution is 0.536. The van der Waals surface area contributed by atoms with Crippen LogP contribution in [-0.4, -0.2) is 52.5 Å². The Kier molecular flexibility index (Phi) is 12.2. The highest BCUT2D eigenvalue weighted by Gasteiger charge is 2.21. The lowest BCUT2D eigenvalue weighted by Crippen LogP contribution is -2.15. The van der Waals surface area contributed by atoms with Crippen molar-refractivity contribution in [1.29, 1.82) is 0 Å². The van der Waals surface area contributed by atoms with E-state index >= 15 is 0 Å². The minimum Gasteiger partial charge on any atom is -0.383 e. The van der Waals surface area contributed by atoms with Gasteiger partial charge in [0.15, 0.2) is 5.82 Å². The standard InChI is InChI=1S/C23H20FN5.C21H19FN6/c24-19-8-6-17(7-9-19)21-16-28-23(29-22(21)18-10-12-25-13-11-18)27-15-14-26-20-4-2-1-3-5-20;1-2-17(28-12-11-25-13-28)21-26-19(15-7-9-24-10-8-15)18(20(23)27-21)14-3-5-16(22)6-4-14/h1-13,16,26H,14-15H2,(H,27,28,29);3-13,17H,2H2,1H3,(H2,23,26,27). The van der Waals surface area contributed by atoms with Gasteiger partial charge in [-0.25, -0.2) is 33.7 Å². The average molecular weight is 760 g/mol. The Hall–Kier alpha value is -7.41. The number of hydrogen-bond donors (Lipinski definition) is 3. The van der Waals surface area contributed by atoms with Crippen LogP contribution in [0.4, 0.5) is 26.2 Å². The summed E-state index contributed by atoms with van der Waals surface area (Å²) in [6.45, 7) is 3.46. The molecule has 57 heavy (non-hydrogen) atoms. The average Bonchev–Trinajstić information content (AvgIpc) is 3.79. The van der Waals surface area contributed by atoms with Gasteiger partial charge in [-0.05, 0) is 78.2 Å². The molecule has 5 aromatic heterocycles. The lowest BCUT2D eigenvalue weighted by atomic mass is 9.99. The van der Waals surface area contributed by atoms with Crippen LogP contribution in [0.15, 0.2) is 153 Å². The van der Waals surface area contributed by atoms with E-state index in [1.165, 1.54) is 24.3 Å². The minimum absolute atomic E-state index is 0.0901. The molecule has 11 nitrogen and oxygen atoms in total. The van der Waals surface area contributed by atoms with Crippen molar-refractivity contribution >= 4 is 17.5 Å². The van der Waals surface area contributed by atoms with Gasteiger partial charge in [0.25, 0.3) is 0 Å². The SMILES string of the molecule is CCC(c1nc(N)c(-c2ccc(F)cc2)c(-c2ccncc2)n1)n1ccnc1.Fc1ccc(-c2cnc(NCCNc3ccccc3)nc2-c2ccncc2)cc1. The van der Waals surface area contributed by atoms with Gasteiger partial charge in [0, 0.05) is 78.8 Å². The molecule has 0 saturated carbocycles. The van der Waals surface area contributed by atoms with Crippen LogP contribution in [0.3, 0.4) is 0 Å². The van der Waals surface area contributed by atoms with E-state index in [-0.39, 0.29) is 17.7 Å². The molecule has 0 saturated heterocycles. The van der Waals surface area contributed by atoms with E-state index in [0.29, 0.717) is 35.4 Å². The summed E-state index contributed by atoms with van der Waals surface area (Å²) in [5, 5.41) is 6.59. The predicted octanol–water partition coefficient (Wildman–Crippen LogP) is 8.99. The zero-order valence-electron chi connectivity index (χ0n) is 31.0. The van der Waals surface area contributed by atoms with E-state index in [2.05, 4.69) is 42.5 Å². The Morgan fingerprint density at radius 2 is 1.25 bits per heavy atom. The van der Waals surface area contributed by atoms with Crippen molar-refractivity contribution < 1.29 is 8.78 Å². The summed E-state index contributed by atoms with van der Waals surface area (Å²) in [6, 6.07) is 30.0. The van der Waals surface area contributed by atoms with Crippen LogP contribution in [0.2, 0.25) is 0 Å². The molecule has 0 aliphatic rings. The van der Waals surface area contributed by atoms with Crippen molar-refractivity contribution in [2.45, 2.75) is 19.4 Å². The zero-order chi connectivity index (χ0) is 39.4. The maximum atomic E-state index is 13.4. The van der Waals surface area contributed by atoms with Crippen LogP contribution in [0.25, 0.3) is 44.8 Å². The first-order chi connectivity index (χ1) is 28.0. The Labute approximate surface area is 328 Å². The van der Waals surface area contributed by atoms with Crippen LogP contribution in [0.1, 0.15) is 25.2 Å². The van der Waals surface area contributed by atoms with E-state index < -0.39 is 0 Å². The highest BCUT2D eigenvalue weighted by Crippen LogP contribution is 2.36. The molecule has 1 atom stereocenters. The van der Waals surface area contributed by atoms with Gasteiger partial charge in [-0.3, -0.25) is 9.97 Å². The first-order valence-electron chi connectivity index (χ1n) is 18.3. The molecule has 13 heteroatoms. The summed E-state index contributed by atoms with van der Waals surface area (Å²) in [6.07, 6.45) is 14.8. The number of halogens is 2. The number of aromatic nitrogens is 8. The molecule has 0 spiro atoms. The molecule has 0 radical (unpaired) electrons. The Morgan fingerprint density at radius 1 is 0.632 bits per heavy atom. The van der Waals surface area contributed by atoms with Gasteiger partial charge in [0.1, 0.15) is 17.5 Å². The molecule has 3 aromatic carbocycles. The summed E-state index contributed by atoms with van der Waals surface area (Å²) in [5.74, 6) is 0.913. The summed E-state index contributed by atoms with van der Waals surface area (Å²) < 4.78 is 28.7. The largest absolute Gasteiger partial charge is 0.383 e. The molecule has 0 aliphatic heterocycles. The topological polar surface area (TPSA) is 145 Å². The summed E-state index contributed by atoms with van der Waals surface area (Å²) in [7, 11) is 0. The zero-order valence-corrected chi connectivity index (χ0v) is 31.0. The third kappa shape index (κ3) is 9.46. The lowest BCUT2D eigenvalue weighted by Gasteiger charge is -2.19. The maximum absolute atomic E-state index is 13.4. The van der Waals surface area contributed by atoms with Gasteiger partial charge < -0.3 is 20.9 Å². The second-order valence-electron chi connectivity index (χ2n) is 12.8. The summed E-state index contributed by atoms with van der Waals surface area (Å²) in [5.41, 5.74) is 13.8. The fourth-order valence-corrected chi connectivity index (χ4v) is 6.22. The second-order valence-corrected chi connectivity index (χ2v) is 12.8. The van der Waals surface area contributed by atoms with Crippen molar-refractivity contribution in [3.63, 3.8) is 0 Å². The molecule has 4 N–H and O–H groups in total. The number of nitrogen functional groups attached to an aromatic ring is 1. The quantitative estimate of drug-likeness (QED) is 0.103. The van der Waals surface area contributed by atoms with Crippen LogP contribution >= 0.6 is 0 Å². The number of para-hydroxylation sites is 1. The molecule has 0 aliphatic carbocycles. The minimum atomic E-state index is -0.309. The van der Waals surface area contributed by atoms with Crippen molar-refractivity contribution in [3.8, 4) is 44.8 Å². The van der Waals surface area contributed by atoms with Gasteiger partial charge in [-0.1, -0.05) is 49.4 Å². The number of pyridine rings is 2. The molecular formula is C44H39F2N11. The molecule has 1 unspecified atom stereocenters. The number of nitrogens with one attached hydrogen (secondary N) is 2. The van der Waals surface area contributed by atoms with Crippen LogP contribution in [-0.2, 0) is 0 Å². The van der Waals surface area contributed by atoms with E-state index in [4.69, 9.17) is 15.7 Å². The smallest absolute Gasteiger partial charge is 0.223 e. The second kappa shape index (κ2) is 18.3. The molecular weight excluding hydrogens is 721 g/mol. The van der Waals surface area contributed by atoms with Gasteiger partial charge in [0.05, 0.1) is 29.3 Å². The molecule has 8 rings (SSSR count). The number of imidazole rings is 1. The molecule has 0 fully saturated rings. The highest BCUT2D eigenvalue weighted by atomic mass is 19.1. The number of hydrogen-bond acceptors (Lipinski definition) is 10. The Balaban J connectivity index is 0.000000174. The maximum Gasteiger partial charge on any atom is 0.223 e. The van der Waals surface area contributed by atoms with E-state index in [1.807, 2.05) is 65.4 Å². The monoisotopic (exact) mass is 759 g/mol. The van der Waals surface area contributed by atoms with Crippen molar-refractivity contribution in [2.24, 2.45) is 0 Å². The molecule has 284 valence electrons. The Bertz CT molecular complexity index is 2470. The van der Waals surface area contributed by atoms with Crippen LogP contribution in [0, 0.1) is 11.6 Å². The number of nitrogens with two attached hydrogens (primary N) is 1. The third-order valence-electron chi connectivity index (χ3n) is 9.02. The van der Waals surface area contributed by atoms with E-state index in [9.17, 15) is 8.78 Å². The van der Waals surface area contributed by atoms with Crippen LogP contribution in [0.5, 0.6) is 0 Å². The fraction of sp³-hybridized carbons (Fsp3) is 0.114. The van der Waals surface area contributed by atoms with Crippen molar-refractivity contribution in [3.05, 3.63) is 170 Å². The summed E-state index contributed by atoms with van der Waals surface area (Å²) in [4.78, 5) is 30.9. The van der Waals surface area contributed by atoms with Gasteiger partial charge in [0.2, 0.25) is 5.95 Å². The van der Waals surface area contributed by atoms with E-state index in [1.54, 1.807) is 67.8 Å². The van der Waals surface area contributed by atoms with E-state index in [0.717, 1.165) is 52.2 Å². The van der Waals surface area contributed by atoms with Gasteiger partial charge in [-0.15, -0.1) is 0 Å². The Morgan fingerprint density at radius 3 is 1.86 bits per heavy atom. The third-order valence-corrected chi connectivity index (χ3v) is 9.02. The highest BCUT2D eigenvalue weighted by molar-refractivity contribution is 5.87. The molecule has 0 amide bonds. The van der Waals surface area contributed by atoms with Crippen molar-refractivity contribution in [2.75, 3.05) is 29.5 Å². The number of nitrogens with zero attached hydrogens (tertiary/aromatic N) is 8. The van der Waals surface area contributed by atoms with Gasteiger partial charge in [-0.2, -0.15) is 0 Å². The predicted molar refractivity (Wildman–Crippen MR) is 220 cm³/mol. The first-order valence-corrected chi connectivity index (χ1v) is 18.3. The number of benzene rings is 3. The molecule has 5 heterocycles. The fourth-order valence-electron chi connectivity index (χ4n) is 6.22.